The van der Waals surface area contributed by atoms with E-state index < -0.39 is 0 Å². The van der Waals surface area contributed by atoms with Crippen LogP contribution in [0.3, 0.4) is 0 Å². The van der Waals surface area contributed by atoms with Gasteiger partial charge in [-0.05, 0) is 28.1 Å². The molecule has 0 saturated carbocycles. The summed E-state index contributed by atoms with van der Waals surface area (Å²) >= 11 is 3.42. The largest absolute Gasteiger partial charge is 0.379 e. The number of halogens is 1. The van der Waals surface area contributed by atoms with Gasteiger partial charge in [-0.15, -0.1) is 0 Å². The van der Waals surface area contributed by atoms with Gasteiger partial charge >= 0.3 is 0 Å². The molecule has 24 heavy (non-hydrogen) atoms. The Balaban J connectivity index is 1.63. The summed E-state index contributed by atoms with van der Waals surface area (Å²) in [4.78, 5) is 14.2. The first kappa shape index (κ1) is 17.1. The van der Waals surface area contributed by atoms with Crippen LogP contribution in [0.1, 0.15) is 6.42 Å². The van der Waals surface area contributed by atoms with E-state index in [1.165, 1.54) is 4.68 Å². The molecular formula is C17H22BrN4O2+. The second-order valence-corrected chi connectivity index (χ2v) is 6.67. The highest BCUT2D eigenvalue weighted by Crippen LogP contribution is 2.17. The Kier molecular flexibility index (Phi) is 6.01. The molecule has 6 nitrogen and oxygen atoms in total. The van der Waals surface area contributed by atoms with Gasteiger partial charge in [0, 0.05) is 13.0 Å². The van der Waals surface area contributed by atoms with Crippen molar-refractivity contribution < 1.29 is 9.64 Å². The van der Waals surface area contributed by atoms with E-state index in [0.29, 0.717) is 10.2 Å². The molecule has 2 heterocycles. The fourth-order valence-electron chi connectivity index (χ4n) is 2.81. The van der Waals surface area contributed by atoms with Gasteiger partial charge in [0.15, 0.2) is 0 Å². The maximum absolute atomic E-state index is 12.7. The topological polar surface area (TPSA) is 60.6 Å². The highest BCUT2D eigenvalue weighted by molar-refractivity contribution is 9.10. The zero-order valence-corrected chi connectivity index (χ0v) is 15.1. The van der Waals surface area contributed by atoms with Gasteiger partial charge in [-0.3, -0.25) is 4.79 Å². The van der Waals surface area contributed by atoms with Crippen molar-refractivity contribution in [3.05, 3.63) is 51.4 Å². The van der Waals surface area contributed by atoms with Crippen LogP contribution in [-0.4, -0.2) is 49.2 Å². The summed E-state index contributed by atoms with van der Waals surface area (Å²) in [5.41, 5.74) is 1.18. The second-order valence-electron chi connectivity index (χ2n) is 5.81. The van der Waals surface area contributed by atoms with Gasteiger partial charge in [-0.25, -0.2) is 0 Å². The molecule has 7 heteroatoms. The zero-order chi connectivity index (χ0) is 16.8. The molecule has 0 radical (unpaired) electrons. The predicted octanol–water partition coefficient (Wildman–Crippen LogP) is 0.712. The van der Waals surface area contributed by atoms with E-state index in [1.54, 1.807) is 11.1 Å². The van der Waals surface area contributed by atoms with Crippen LogP contribution in [0.25, 0.3) is 5.69 Å². The van der Waals surface area contributed by atoms with E-state index >= 15 is 0 Å². The number of quaternary nitrogens is 1. The number of nitrogens with zero attached hydrogens (tertiary/aromatic N) is 2. The third kappa shape index (κ3) is 4.23. The van der Waals surface area contributed by atoms with Gasteiger partial charge in [0.2, 0.25) is 0 Å². The molecule has 1 aromatic carbocycles. The summed E-state index contributed by atoms with van der Waals surface area (Å²) in [5, 5.41) is 7.48. The Hall–Kier alpha value is -1.70. The van der Waals surface area contributed by atoms with E-state index in [9.17, 15) is 4.79 Å². The third-order valence-corrected chi connectivity index (χ3v) is 4.74. The van der Waals surface area contributed by atoms with Crippen LogP contribution in [0.15, 0.2) is 45.8 Å². The molecule has 1 aliphatic heterocycles. The number of aromatic nitrogens is 2. The molecule has 3 rings (SSSR count). The van der Waals surface area contributed by atoms with Gasteiger partial charge in [0.1, 0.15) is 18.8 Å². The molecule has 0 bridgehead atoms. The molecule has 128 valence electrons. The van der Waals surface area contributed by atoms with E-state index in [-0.39, 0.29) is 5.56 Å². The van der Waals surface area contributed by atoms with Crippen molar-refractivity contribution in [2.75, 3.05) is 44.7 Å². The summed E-state index contributed by atoms with van der Waals surface area (Å²) in [6.45, 7) is 5.68. The number of ether oxygens (including phenoxy) is 1. The predicted molar refractivity (Wildman–Crippen MR) is 97.0 cm³/mol. The average molecular weight is 394 g/mol. The van der Waals surface area contributed by atoms with E-state index in [2.05, 4.69) is 26.3 Å². The van der Waals surface area contributed by atoms with Gasteiger partial charge in [-0.1, -0.05) is 18.2 Å². The molecule has 0 aliphatic carbocycles. The number of morpholine rings is 1. The van der Waals surface area contributed by atoms with Crippen LogP contribution in [0.5, 0.6) is 0 Å². The summed E-state index contributed by atoms with van der Waals surface area (Å²) in [7, 11) is 0. The molecular weight excluding hydrogens is 372 g/mol. The minimum atomic E-state index is -0.144. The van der Waals surface area contributed by atoms with Gasteiger partial charge < -0.3 is 15.0 Å². The van der Waals surface area contributed by atoms with Crippen LogP contribution in [-0.2, 0) is 4.74 Å². The first-order valence-corrected chi connectivity index (χ1v) is 9.03. The Labute approximate surface area is 149 Å². The lowest BCUT2D eigenvalue weighted by Crippen LogP contribution is -3.14. The van der Waals surface area contributed by atoms with Gasteiger partial charge in [0.25, 0.3) is 5.56 Å². The highest BCUT2D eigenvalue weighted by atomic mass is 79.9. The quantitative estimate of drug-likeness (QED) is 0.709. The van der Waals surface area contributed by atoms with E-state index in [1.807, 2.05) is 30.3 Å². The van der Waals surface area contributed by atoms with Crippen molar-refractivity contribution in [1.29, 1.82) is 0 Å². The number of rotatable bonds is 6. The SMILES string of the molecule is O=c1c(NCCC[NH+]2CCOCC2)c(Br)cnn1-c1ccccc1. The molecule has 0 atom stereocenters. The third-order valence-electron chi connectivity index (χ3n) is 4.14. The highest BCUT2D eigenvalue weighted by Gasteiger charge is 2.14. The number of anilines is 1. The van der Waals surface area contributed by atoms with Crippen molar-refractivity contribution in [3.8, 4) is 5.69 Å². The van der Waals surface area contributed by atoms with E-state index in [0.717, 1.165) is 51.5 Å². The summed E-state index contributed by atoms with van der Waals surface area (Å²) < 4.78 is 7.48. The first-order valence-electron chi connectivity index (χ1n) is 8.24. The molecule has 2 aromatic rings. The van der Waals surface area contributed by atoms with Crippen LogP contribution >= 0.6 is 15.9 Å². The minimum Gasteiger partial charge on any atom is -0.379 e. The van der Waals surface area contributed by atoms with Crippen LogP contribution in [0.2, 0.25) is 0 Å². The van der Waals surface area contributed by atoms with Crippen LogP contribution < -0.4 is 15.8 Å². The van der Waals surface area contributed by atoms with Crippen molar-refractivity contribution in [3.63, 3.8) is 0 Å². The zero-order valence-electron chi connectivity index (χ0n) is 13.5. The fraction of sp³-hybridized carbons (Fsp3) is 0.412. The molecule has 1 saturated heterocycles. The van der Waals surface area contributed by atoms with Crippen LogP contribution in [0.4, 0.5) is 5.69 Å². The minimum absolute atomic E-state index is 0.144. The summed E-state index contributed by atoms with van der Waals surface area (Å²) in [5.74, 6) is 0. The Bertz CT molecular complexity index is 714. The van der Waals surface area contributed by atoms with Crippen molar-refractivity contribution in [2.45, 2.75) is 6.42 Å². The number of hydrogen-bond donors (Lipinski definition) is 2. The summed E-state index contributed by atoms with van der Waals surface area (Å²) in [6.07, 6.45) is 2.67. The molecule has 1 fully saturated rings. The Morgan fingerprint density at radius 2 is 2.00 bits per heavy atom. The number of hydrogen-bond acceptors (Lipinski definition) is 4. The molecule has 0 spiro atoms. The molecule has 1 aliphatic rings. The number of nitrogens with one attached hydrogen (secondary N) is 2. The standard InChI is InChI=1S/C17H21BrN4O2/c18-15-13-20-22(14-5-2-1-3-6-14)17(23)16(15)19-7-4-8-21-9-11-24-12-10-21/h1-3,5-6,13,19H,4,7-12H2/p+1. The maximum Gasteiger partial charge on any atom is 0.295 e. The maximum atomic E-state index is 12.7. The van der Waals surface area contributed by atoms with Crippen molar-refractivity contribution in [2.24, 2.45) is 0 Å². The second kappa shape index (κ2) is 8.41. The van der Waals surface area contributed by atoms with Gasteiger partial charge in [-0.2, -0.15) is 9.78 Å². The molecule has 2 N–H and O–H groups in total. The van der Waals surface area contributed by atoms with Crippen molar-refractivity contribution >= 4 is 21.6 Å². The molecule has 1 aromatic heterocycles. The van der Waals surface area contributed by atoms with Crippen molar-refractivity contribution in [1.82, 2.24) is 9.78 Å². The van der Waals surface area contributed by atoms with Crippen LogP contribution in [0, 0.1) is 0 Å². The lowest BCUT2D eigenvalue weighted by molar-refractivity contribution is -0.908. The fourth-order valence-corrected chi connectivity index (χ4v) is 3.21. The number of para-hydroxylation sites is 1. The smallest absolute Gasteiger partial charge is 0.295 e. The Morgan fingerprint density at radius 1 is 1.25 bits per heavy atom. The lowest BCUT2D eigenvalue weighted by atomic mass is 10.3. The number of benzene rings is 1. The normalized spacial score (nSPS) is 15.4. The molecule has 0 unspecified atom stereocenters. The Morgan fingerprint density at radius 3 is 2.75 bits per heavy atom. The average Bonchev–Trinajstić information content (AvgIpc) is 2.62. The van der Waals surface area contributed by atoms with E-state index in [4.69, 9.17) is 4.74 Å². The monoisotopic (exact) mass is 393 g/mol. The van der Waals surface area contributed by atoms with Gasteiger partial charge in [0.05, 0.1) is 36.1 Å². The first-order chi connectivity index (χ1) is 11.8. The molecule has 0 amide bonds. The lowest BCUT2D eigenvalue weighted by Gasteiger charge is -2.23. The summed E-state index contributed by atoms with van der Waals surface area (Å²) in [6, 6.07) is 9.44.